The first-order valence-electron chi connectivity index (χ1n) is 14.4. The molecule has 0 fully saturated rings. The molecule has 0 atom stereocenters. The van der Waals surface area contributed by atoms with Gasteiger partial charge in [-0.25, -0.2) is 0 Å². The molecule has 0 aromatic heterocycles. The Morgan fingerprint density at radius 2 is 0.979 bits per heavy atom. The summed E-state index contributed by atoms with van der Waals surface area (Å²) < 4.78 is 26.7. The number of aldehydes is 3. The first kappa shape index (κ1) is 51.0. The summed E-state index contributed by atoms with van der Waals surface area (Å²) in [6, 6.07) is 20.2. The van der Waals surface area contributed by atoms with Crippen LogP contribution in [0.4, 0.5) is 4.39 Å². The van der Waals surface area contributed by atoms with Gasteiger partial charge in [-0.1, -0.05) is 38.3 Å². The minimum atomic E-state index is -1.00. The molecule has 14 heteroatoms. The van der Waals surface area contributed by atoms with Gasteiger partial charge in [-0.15, -0.1) is 0 Å². The second-order valence-corrected chi connectivity index (χ2v) is 10.1. The molecule has 0 heterocycles. The third-order valence-corrected chi connectivity index (χ3v) is 6.32. The van der Waals surface area contributed by atoms with Gasteiger partial charge in [-0.05, 0) is 105 Å². The first-order valence-corrected chi connectivity index (χ1v) is 15.9. The summed E-state index contributed by atoms with van der Waals surface area (Å²) in [5.41, 5.74) is 1.87. The molecular formula is C33H40Br2FK2O9. The Balaban J connectivity index is -0.000000319. The number of carbonyl (C=O) groups excluding carboxylic acids is 4. The molecule has 249 valence electrons. The maximum atomic E-state index is 10.5. The molecule has 0 saturated heterocycles. The number of carbonyl (C=O) groups is 4. The molecule has 3 aromatic rings. The topological polar surface area (TPSA) is 139 Å². The van der Waals surface area contributed by atoms with Crippen molar-refractivity contribution in [1.29, 1.82) is 0 Å². The van der Waals surface area contributed by atoms with Crippen molar-refractivity contribution >= 4 is 109 Å². The number of halogens is 3. The Kier molecular flexibility index (Phi) is 45.4. The van der Waals surface area contributed by atoms with Gasteiger partial charge in [-0.2, -0.15) is 0 Å². The van der Waals surface area contributed by atoms with Gasteiger partial charge >= 0.3 is 51.4 Å². The fourth-order valence-corrected chi connectivity index (χ4v) is 3.76. The van der Waals surface area contributed by atoms with E-state index in [2.05, 4.69) is 36.7 Å². The second kappa shape index (κ2) is 41.8. The maximum Gasteiger partial charge on any atom is 1.00 e. The Hall–Kier alpha value is -0.337. The fraction of sp³-hybridized carbons (Fsp3) is 0.333. The predicted octanol–water partition coefficient (Wildman–Crippen LogP) is 3.73. The largest absolute Gasteiger partial charge is 1.00 e. The van der Waals surface area contributed by atoms with Crippen LogP contribution >= 0.6 is 31.9 Å². The molecule has 0 aliphatic carbocycles. The maximum absolute atomic E-state index is 10.5. The SMILES string of the molecule is BrCCCCCBr.O=CO[O-].O=Cc1ccc(O)cc1.O=Cc1ccc(OCCCCCOc2ccc(C=O)cc2)cc1.[2H]CF.[K+].[K]. The molecule has 9 nitrogen and oxygen atoms in total. The van der Waals surface area contributed by atoms with Crippen LogP contribution in [0.5, 0.6) is 17.2 Å². The number of hydrogen-bond acceptors (Lipinski definition) is 9. The van der Waals surface area contributed by atoms with Crippen molar-refractivity contribution in [3.63, 3.8) is 0 Å². The number of phenols is 1. The zero-order chi connectivity index (χ0) is 34.7. The van der Waals surface area contributed by atoms with Crippen LogP contribution in [0.3, 0.4) is 0 Å². The predicted molar refractivity (Wildman–Crippen MR) is 183 cm³/mol. The molecule has 0 amide bonds. The van der Waals surface area contributed by atoms with Gasteiger partial charge in [0, 0.05) is 78.7 Å². The quantitative estimate of drug-likeness (QED) is 0.0572. The summed E-state index contributed by atoms with van der Waals surface area (Å²) in [5, 5.41) is 19.5. The molecule has 47 heavy (non-hydrogen) atoms. The monoisotopic (exact) mass is 836 g/mol. The van der Waals surface area contributed by atoms with Crippen LogP contribution in [0.25, 0.3) is 0 Å². The first-order chi connectivity index (χ1) is 22.4. The molecule has 0 spiro atoms. The number of aromatic hydroxyl groups is 1. The zero-order valence-corrected chi connectivity index (χ0v) is 36.3. The van der Waals surface area contributed by atoms with Crippen molar-refractivity contribution in [2.24, 2.45) is 0 Å². The van der Waals surface area contributed by atoms with Crippen LogP contribution in [0.15, 0.2) is 72.8 Å². The van der Waals surface area contributed by atoms with E-state index in [0.717, 1.165) is 60.3 Å². The summed E-state index contributed by atoms with van der Waals surface area (Å²) in [6.45, 7) is 1.11. The molecular weight excluding hydrogens is 797 g/mol. The molecule has 0 aliphatic rings. The van der Waals surface area contributed by atoms with Gasteiger partial charge in [0.15, 0.2) is 0 Å². The molecule has 0 saturated carbocycles. The second-order valence-electron chi connectivity index (χ2n) is 8.47. The standard InChI is InChI=1S/C19H20O4.C7H6O2.C5H10Br2.CH3F.CH2O3.2K/c20-14-16-4-8-18(9-5-16)22-12-2-1-3-13-23-19-10-6-17(15-21)7-11-19;8-5-6-1-3-7(9)4-2-6;6-4-2-1-3-5-7;1-2;2-1-4-3;;/h4-11,14-15H,1-3,12-13H2;1-5,9H;1-5H2;1H3;1,3H;;/q;;;;;;+1/p-1/i;;;1D;;;. The van der Waals surface area contributed by atoms with E-state index in [1.54, 1.807) is 60.7 Å². The molecule has 0 aliphatic heterocycles. The van der Waals surface area contributed by atoms with Gasteiger partial charge in [0.2, 0.25) is 0 Å². The summed E-state index contributed by atoms with van der Waals surface area (Å²) in [7, 11) is -1.00. The van der Waals surface area contributed by atoms with E-state index in [1.807, 2.05) is 0 Å². The summed E-state index contributed by atoms with van der Waals surface area (Å²) in [5.74, 6) is 1.74. The molecule has 1 radical (unpaired) electrons. The summed E-state index contributed by atoms with van der Waals surface area (Å²) >= 11 is 6.73. The van der Waals surface area contributed by atoms with E-state index in [4.69, 9.17) is 26.0 Å². The van der Waals surface area contributed by atoms with Crippen molar-refractivity contribution in [2.75, 3.05) is 31.0 Å². The number of hydrogen-bond donors (Lipinski definition) is 1. The van der Waals surface area contributed by atoms with Gasteiger partial charge in [0.1, 0.15) is 36.1 Å². The molecule has 0 unspecified atom stereocenters. The van der Waals surface area contributed by atoms with Crippen molar-refractivity contribution in [1.82, 2.24) is 0 Å². The Morgan fingerprint density at radius 3 is 1.26 bits per heavy atom. The van der Waals surface area contributed by atoms with Crippen LogP contribution in [0.2, 0.25) is 0 Å². The smallest absolute Gasteiger partial charge is 0.662 e. The Morgan fingerprint density at radius 1 is 0.681 bits per heavy atom. The molecule has 3 rings (SSSR count). The fourth-order valence-electron chi connectivity index (χ4n) is 2.96. The number of ether oxygens (including phenoxy) is 2. The van der Waals surface area contributed by atoms with E-state index >= 15 is 0 Å². The van der Waals surface area contributed by atoms with Gasteiger partial charge in [0.25, 0.3) is 6.47 Å². The number of rotatable bonds is 16. The average Bonchev–Trinajstić information content (AvgIpc) is 3.10. The van der Waals surface area contributed by atoms with Crippen LogP contribution in [-0.2, 0) is 9.68 Å². The van der Waals surface area contributed by atoms with Gasteiger partial charge in [0.05, 0.1) is 21.7 Å². The van der Waals surface area contributed by atoms with Crippen LogP contribution in [0.1, 0.15) is 71.0 Å². The Labute approximate surface area is 380 Å². The normalized spacial score (nSPS) is 8.89. The number of unbranched alkanes of at least 4 members (excludes halogenated alkanes) is 4. The number of benzene rings is 3. The van der Waals surface area contributed by atoms with E-state index < -0.39 is 7.15 Å². The third kappa shape index (κ3) is 33.9. The van der Waals surface area contributed by atoms with Crippen molar-refractivity contribution in [3.8, 4) is 17.2 Å². The third-order valence-electron chi connectivity index (χ3n) is 5.19. The van der Waals surface area contributed by atoms with Gasteiger partial charge in [-0.3, -0.25) is 23.6 Å². The van der Waals surface area contributed by atoms with Crippen molar-refractivity contribution < 1.29 is 101 Å². The average molecular weight is 839 g/mol. The summed E-state index contributed by atoms with van der Waals surface area (Å²) in [6.07, 6.45) is 9.24. The molecule has 3 aromatic carbocycles. The minimum absolute atomic E-state index is 0. The molecule has 1 N–H and O–H groups in total. The molecule has 0 bridgehead atoms. The van der Waals surface area contributed by atoms with E-state index in [9.17, 15) is 18.8 Å². The zero-order valence-electron chi connectivity index (χ0n) is 27.9. The number of phenolic OH excluding ortho intramolecular Hbond substituents is 1. The van der Waals surface area contributed by atoms with E-state index in [1.165, 1.54) is 31.4 Å². The van der Waals surface area contributed by atoms with Crippen LogP contribution < -0.4 is 66.1 Å². The van der Waals surface area contributed by atoms with E-state index in [-0.39, 0.29) is 115 Å². The van der Waals surface area contributed by atoms with Gasteiger partial charge < -0.3 is 24.7 Å². The minimum Gasteiger partial charge on any atom is -0.662 e. The van der Waals surface area contributed by atoms with Crippen LogP contribution in [0, 0.1) is 0 Å². The number of alkyl halides is 3. The van der Waals surface area contributed by atoms with Crippen molar-refractivity contribution in [2.45, 2.75) is 38.5 Å². The summed E-state index contributed by atoms with van der Waals surface area (Å²) in [4.78, 5) is 42.4. The Bertz CT molecular complexity index is 1090. The van der Waals surface area contributed by atoms with Crippen molar-refractivity contribution in [3.05, 3.63) is 89.5 Å². The van der Waals surface area contributed by atoms with E-state index in [0.29, 0.717) is 29.9 Å². The van der Waals surface area contributed by atoms with Crippen LogP contribution in [-0.4, -0.2) is 113 Å².